The van der Waals surface area contributed by atoms with E-state index in [1.807, 2.05) is 37.3 Å². The Labute approximate surface area is 181 Å². The third-order valence-electron chi connectivity index (χ3n) is 5.37. The van der Waals surface area contributed by atoms with Crippen molar-refractivity contribution >= 4 is 11.9 Å². The number of nitrogens with one attached hydrogen (secondary N) is 1. The first-order valence-electron chi connectivity index (χ1n) is 10.4. The van der Waals surface area contributed by atoms with Gasteiger partial charge < -0.3 is 19.2 Å². The summed E-state index contributed by atoms with van der Waals surface area (Å²) >= 11 is 0. The van der Waals surface area contributed by atoms with Crippen LogP contribution in [-0.2, 0) is 11.3 Å². The molecule has 0 aliphatic heterocycles. The number of benzene rings is 1. The summed E-state index contributed by atoms with van der Waals surface area (Å²) < 4.78 is 16.4. The molecule has 166 valence electrons. The molecular formula is C24H29NO6. The van der Waals surface area contributed by atoms with E-state index >= 15 is 0 Å². The van der Waals surface area contributed by atoms with Gasteiger partial charge in [0.15, 0.2) is 0 Å². The molecule has 1 atom stereocenters. The lowest BCUT2D eigenvalue weighted by atomic mass is 9.90. The smallest absolute Gasteiger partial charge is 0.407 e. The fourth-order valence-corrected chi connectivity index (χ4v) is 3.42. The third kappa shape index (κ3) is 5.96. The van der Waals surface area contributed by atoms with E-state index in [1.165, 1.54) is 12.3 Å². The number of carbonyl (C=O) groups excluding carboxylic acids is 2. The minimum atomic E-state index is -0.602. The summed E-state index contributed by atoms with van der Waals surface area (Å²) in [5, 5.41) is 2.83. The van der Waals surface area contributed by atoms with Gasteiger partial charge in [0.25, 0.3) is 0 Å². The molecule has 1 heterocycles. The molecule has 7 heteroatoms. The number of alkyl carbamates (subject to hydrolysis) is 1. The zero-order valence-electron chi connectivity index (χ0n) is 18.4. The Balaban J connectivity index is 1.69. The number of amides is 1. The molecule has 1 aliphatic rings. The van der Waals surface area contributed by atoms with E-state index in [1.54, 1.807) is 20.8 Å². The van der Waals surface area contributed by atoms with Crippen LogP contribution in [0.15, 0.2) is 51.9 Å². The van der Waals surface area contributed by atoms with Crippen molar-refractivity contribution < 1.29 is 23.5 Å². The molecule has 7 nitrogen and oxygen atoms in total. The quantitative estimate of drug-likeness (QED) is 0.624. The van der Waals surface area contributed by atoms with E-state index in [9.17, 15) is 14.4 Å². The van der Waals surface area contributed by atoms with Gasteiger partial charge in [0.2, 0.25) is 22.7 Å². The predicted octanol–water partition coefficient (Wildman–Crippen LogP) is 4.49. The Kier molecular flexibility index (Phi) is 6.53. The van der Waals surface area contributed by atoms with Crippen LogP contribution >= 0.6 is 0 Å². The normalized spacial score (nSPS) is 15.6. The summed E-state index contributed by atoms with van der Waals surface area (Å²) in [7, 11) is 0. The summed E-state index contributed by atoms with van der Waals surface area (Å²) in [6.45, 7) is 7.39. The third-order valence-corrected chi connectivity index (χ3v) is 5.37. The topological polar surface area (TPSA) is 94.8 Å². The number of hydrogen-bond acceptors (Lipinski definition) is 6. The first-order valence-corrected chi connectivity index (χ1v) is 10.4. The number of ketones is 1. The molecule has 3 rings (SSSR count). The predicted molar refractivity (Wildman–Crippen MR) is 115 cm³/mol. The molecule has 31 heavy (non-hydrogen) atoms. The minimum Gasteiger partial charge on any atom is -0.481 e. The lowest BCUT2D eigenvalue weighted by Gasteiger charge is -2.26. The molecule has 1 N–H and O–H groups in total. The van der Waals surface area contributed by atoms with Gasteiger partial charge in [-0.2, -0.15) is 0 Å². The molecule has 2 aromatic rings. The summed E-state index contributed by atoms with van der Waals surface area (Å²) in [6.07, 6.45) is 2.39. The first kappa shape index (κ1) is 22.6. The van der Waals surface area contributed by atoms with Gasteiger partial charge in [-0.1, -0.05) is 30.3 Å². The highest BCUT2D eigenvalue weighted by atomic mass is 16.6. The average Bonchev–Trinajstić information content (AvgIpc) is 3.47. The fourth-order valence-electron chi connectivity index (χ4n) is 3.42. The second-order valence-electron chi connectivity index (χ2n) is 9.05. The van der Waals surface area contributed by atoms with E-state index in [-0.39, 0.29) is 41.8 Å². The lowest BCUT2D eigenvalue weighted by molar-refractivity contribution is 0.0479. The standard InChI is InChI=1S/C24H29NO6/c1-16(25-22(28)31-23(2,3)4)24(11-12-24)14-19(27)21-20(18(26)10-13-29-21)30-15-17-8-6-5-7-9-17/h5-10,13,16H,11-12,14-15H2,1-4H3,(H,25,28)/t16-/m0/s1. The van der Waals surface area contributed by atoms with Crippen molar-refractivity contribution in [2.24, 2.45) is 5.41 Å². The van der Waals surface area contributed by atoms with Crippen LogP contribution in [0.1, 0.15) is 63.1 Å². The van der Waals surface area contributed by atoms with Gasteiger partial charge in [0.1, 0.15) is 12.2 Å². The van der Waals surface area contributed by atoms with Gasteiger partial charge in [-0.25, -0.2) is 4.79 Å². The highest BCUT2D eigenvalue weighted by Gasteiger charge is 2.50. The van der Waals surface area contributed by atoms with Crippen molar-refractivity contribution in [1.82, 2.24) is 5.32 Å². The van der Waals surface area contributed by atoms with Crippen LogP contribution in [-0.4, -0.2) is 23.5 Å². The zero-order valence-corrected chi connectivity index (χ0v) is 18.4. The van der Waals surface area contributed by atoms with E-state index in [0.717, 1.165) is 18.4 Å². The highest BCUT2D eigenvalue weighted by molar-refractivity contribution is 5.96. The average molecular weight is 427 g/mol. The molecule has 1 saturated carbocycles. The van der Waals surface area contributed by atoms with Crippen molar-refractivity contribution in [3.8, 4) is 5.75 Å². The van der Waals surface area contributed by atoms with Crippen LogP contribution in [0.25, 0.3) is 0 Å². The van der Waals surface area contributed by atoms with E-state index < -0.39 is 17.1 Å². The maximum absolute atomic E-state index is 13.0. The fraction of sp³-hybridized carbons (Fsp3) is 0.458. The summed E-state index contributed by atoms with van der Waals surface area (Å²) in [6, 6.07) is 10.3. The van der Waals surface area contributed by atoms with Crippen molar-refractivity contribution in [3.63, 3.8) is 0 Å². The molecule has 1 aromatic heterocycles. The summed E-state index contributed by atoms with van der Waals surface area (Å²) in [4.78, 5) is 37.5. The van der Waals surface area contributed by atoms with Gasteiger partial charge in [0, 0.05) is 18.5 Å². The number of hydrogen-bond donors (Lipinski definition) is 1. The number of carbonyl (C=O) groups is 2. The number of rotatable bonds is 8. The summed E-state index contributed by atoms with van der Waals surface area (Å²) in [5.74, 6) is -0.491. The zero-order chi connectivity index (χ0) is 22.6. The summed E-state index contributed by atoms with van der Waals surface area (Å²) in [5.41, 5.74) is -0.526. The van der Waals surface area contributed by atoms with E-state index in [4.69, 9.17) is 13.9 Å². The Hall–Kier alpha value is -3.09. The number of ether oxygens (including phenoxy) is 2. The van der Waals surface area contributed by atoms with Gasteiger partial charge in [-0.05, 0) is 51.5 Å². The van der Waals surface area contributed by atoms with E-state index in [2.05, 4.69) is 5.32 Å². The molecule has 1 fully saturated rings. The van der Waals surface area contributed by atoms with Crippen LogP contribution in [0.3, 0.4) is 0 Å². The SMILES string of the molecule is C[C@H](NC(=O)OC(C)(C)C)C1(CC(=O)c2occc(=O)c2OCc2ccccc2)CC1. The minimum absolute atomic E-state index is 0.0834. The van der Waals surface area contributed by atoms with Crippen LogP contribution in [0.4, 0.5) is 4.79 Å². The van der Waals surface area contributed by atoms with Gasteiger partial charge in [0.05, 0.1) is 6.26 Å². The van der Waals surface area contributed by atoms with Gasteiger partial charge in [-0.3, -0.25) is 9.59 Å². The van der Waals surface area contributed by atoms with Gasteiger partial charge in [-0.15, -0.1) is 0 Å². The monoisotopic (exact) mass is 427 g/mol. The molecule has 0 bridgehead atoms. The maximum atomic E-state index is 13.0. The molecule has 0 saturated heterocycles. The van der Waals surface area contributed by atoms with Crippen LogP contribution < -0.4 is 15.5 Å². The Morgan fingerprint density at radius 3 is 2.45 bits per heavy atom. The molecule has 1 amide bonds. The molecule has 1 aliphatic carbocycles. The first-order chi connectivity index (χ1) is 14.6. The second kappa shape index (κ2) is 8.96. The molecule has 1 aromatic carbocycles. The van der Waals surface area contributed by atoms with Crippen LogP contribution in [0.2, 0.25) is 0 Å². The second-order valence-corrected chi connectivity index (χ2v) is 9.05. The van der Waals surface area contributed by atoms with Crippen LogP contribution in [0, 0.1) is 5.41 Å². The Bertz CT molecular complexity index is 985. The largest absolute Gasteiger partial charge is 0.481 e. The Morgan fingerprint density at radius 1 is 1.16 bits per heavy atom. The van der Waals surface area contributed by atoms with Gasteiger partial charge >= 0.3 is 6.09 Å². The molecule has 0 unspecified atom stereocenters. The van der Waals surface area contributed by atoms with Crippen molar-refractivity contribution in [1.29, 1.82) is 0 Å². The molecule has 0 radical (unpaired) electrons. The van der Waals surface area contributed by atoms with E-state index in [0.29, 0.717) is 0 Å². The Morgan fingerprint density at radius 2 is 1.84 bits per heavy atom. The molecule has 0 spiro atoms. The van der Waals surface area contributed by atoms with Crippen LogP contribution in [0.5, 0.6) is 5.75 Å². The highest BCUT2D eigenvalue weighted by Crippen LogP contribution is 2.52. The molecular weight excluding hydrogens is 398 g/mol. The maximum Gasteiger partial charge on any atom is 0.407 e. The van der Waals surface area contributed by atoms with Crippen molar-refractivity contribution in [2.45, 2.75) is 65.2 Å². The van der Waals surface area contributed by atoms with Crippen molar-refractivity contribution in [2.75, 3.05) is 0 Å². The number of Topliss-reactive ketones (excluding diaryl/α,β-unsaturated/α-hetero) is 1. The van der Waals surface area contributed by atoms with Crippen molar-refractivity contribution in [3.05, 3.63) is 64.2 Å². The lowest BCUT2D eigenvalue weighted by Crippen LogP contribution is -2.42.